The number of halogens is 1. The van der Waals surface area contributed by atoms with E-state index >= 15 is 0 Å². The van der Waals surface area contributed by atoms with Crippen molar-refractivity contribution in [3.63, 3.8) is 0 Å². The van der Waals surface area contributed by atoms with E-state index in [0.29, 0.717) is 0 Å². The van der Waals surface area contributed by atoms with Gasteiger partial charge in [0.15, 0.2) is 0 Å². The van der Waals surface area contributed by atoms with E-state index < -0.39 is 5.60 Å². The summed E-state index contributed by atoms with van der Waals surface area (Å²) in [5.74, 6) is 0. The monoisotopic (exact) mass is 327 g/mol. The fourth-order valence-electron chi connectivity index (χ4n) is 2.38. The lowest BCUT2D eigenvalue weighted by atomic mass is 10.1. The molecule has 0 atom stereocenters. The van der Waals surface area contributed by atoms with Gasteiger partial charge in [-0.1, -0.05) is 0 Å². The Morgan fingerprint density at radius 1 is 1.21 bits per heavy atom. The molecule has 0 amide bonds. The van der Waals surface area contributed by atoms with Crippen molar-refractivity contribution in [3.8, 4) is 0 Å². The first-order valence-electron chi connectivity index (χ1n) is 6.70. The van der Waals surface area contributed by atoms with E-state index in [-0.39, 0.29) is 0 Å². The Kier molecular flexibility index (Phi) is 4.95. The maximum Gasteiger partial charge on any atom is 0.0718 e. The van der Waals surface area contributed by atoms with Crippen molar-refractivity contribution < 1.29 is 5.11 Å². The summed E-state index contributed by atoms with van der Waals surface area (Å²) in [7, 11) is 0. The number of nitrogens with zero attached hydrogens (tertiary/aromatic N) is 3. The van der Waals surface area contributed by atoms with E-state index in [4.69, 9.17) is 0 Å². The Morgan fingerprint density at radius 3 is 2.37 bits per heavy atom. The van der Waals surface area contributed by atoms with Crippen LogP contribution in [0.2, 0.25) is 0 Å². The molecule has 5 heteroatoms. The fraction of sp³-hybridized carbons (Fsp3) is 0.643. The predicted octanol–water partition coefficient (Wildman–Crippen LogP) is 1.73. The van der Waals surface area contributed by atoms with Gasteiger partial charge in [0.25, 0.3) is 0 Å². The van der Waals surface area contributed by atoms with Crippen LogP contribution in [0.3, 0.4) is 0 Å². The van der Waals surface area contributed by atoms with Crippen LogP contribution in [0.25, 0.3) is 0 Å². The Bertz CT molecular complexity index is 394. The lowest BCUT2D eigenvalue weighted by molar-refractivity contribution is 0.0165. The Hall–Kier alpha value is -0.490. The van der Waals surface area contributed by atoms with Crippen molar-refractivity contribution in [1.82, 2.24) is 14.8 Å². The van der Waals surface area contributed by atoms with Gasteiger partial charge in [-0.25, -0.2) is 0 Å². The molecule has 0 aliphatic carbocycles. The zero-order chi connectivity index (χ0) is 13.9. The Labute approximate surface area is 123 Å². The average Bonchev–Trinajstić information content (AvgIpc) is 2.33. The van der Waals surface area contributed by atoms with E-state index in [1.807, 2.05) is 26.1 Å². The fourth-order valence-corrected chi connectivity index (χ4v) is 2.62. The summed E-state index contributed by atoms with van der Waals surface area (Å²) in [5, 5.41) is 9.83. The van der Waals surface area contributed by atoms with Gasteiger partial charge in [0.2, 0.25) is 0 Å². The van der Waals surface area contributed by atoms with E-state index in [9.17, 15) is 5.11 Å². The third kappa shape index (κ3) is 5.18. The van der Waals surface area contributed by atoms with Crippen molar-refractivity contribution in [2.45, 2.75) is 26.0 Å². The lowest BCUT2D eigenvalue weighted by Gasteiger charge is -2.37. The van der Waals surface area contributed by atoms with Gasteiger partial charge in [-0.3, -0.25) is 14.8 Å². The van der Waals surface area contributed by atoms with Crippen molar-refractivity contribution in [1.29, 1.82) is 0 Å². The van der Waals surface area contributed by atoms with Crippen molar-refractivity contribution >= 4 is 15.9 Å². The second kappa shape index (κ2) is 6.31. The van der Waals surface area contributed by atoms with Crippen LogP contribution in [-0.2, 0) is 6.54 Å². The maximum absolute atomic E-state index is 9.83. The van der Waals surface area contributed by atoms with Crippen molar-refractivity contribution in [2.24, 2.45) is 0 Å². The molecule has 2 heterocycles. The first kappa shape index (κ1) is 14.9. The first-order valence-corrected chi connectivity index (χ1v) is 7.49. The highest BCUT2D eigenvalue weighted by Crippen LogP contribution is 2.12. The van der Waals surface area contributed by atoms with Crippen molar-refractivity contribution in [2.75, 3.05) is 32.7 Å². The van der Waals surface area contributed by atoms with E-state index in [1.165, 1.54) is 0 Å². The minimum atomic E-state index is -0.602. The predicted molar refractivity (Wildman–Crippen MR) is 80.0 cm³/mol. The number of rotatable bonds is 4. The summed E-state index contributed by atoms with van der Waals surface area (Å²) in [6, 6.07) is 4.10. The molecular formula is C14H22BrN3O. The first-order chi connectivity index (χ1) is 8.92. The van der Waals surface area contributed by atoms with Gasteiger partial charge in [-0.15, -0.1) is 0 Å². The van der Waals surface area contributed by atoms with Gasteiger partial charge in [-0.05, 0) is 41.9 Å². The SMILES string of the molecule is CC(C)(O)CN1CCN(Cc2ccc(Br)cn2)CC1. The van der Waals surface area contributed by atoms with Crippen LogP contribution in [0.5, 0.6) is 0 Å². The number of β-amino-alcohol motifs (C(OH)–C–C–N with tert-alkyl or cyclic N) is 1. The molecule has 1 aromatic heterocycles. The quantitative estimate of drug-likeness (QED) is 0.914. The van der Waals surface area contributed by atoms with E-state index in [0.717, 1.165) is 49.4 Å². The van der Waals surface area contributed by atoms with Gasteiger partial charge in [0.1, 0.15) is 0 Å². The third-order valence-electron chi connectivity index (χ3n) is 3.25. The van der Waals surface area contributed by atoms with E-state index in [1.54, 1.807) is 0 Å². The molecule has 1 aliphatic heterocycles. The number of piperazine rings is 1. The summed E-state index contributed by atoms with van der Waals surface area (Å²) in [4.78, 5) is 9.15. The second-order valence-corrected chi connectivity index (χ2v) is 6.75. The number of hydrogen-bond acceptors (Lipinski definition) is 4. The average molecular weight is 328 g/mol. The molecule has 0 unspecified atom stereocenters. The molecule has 0 radical (unpaired) electrons. The van der Waals surface area contributed by atoms with E-state index in [2.05, 4.69) is 36.8 Å². The molecule has 0 bridgehead atoms. The molecule has 0 spiro atoms. The Balaban J connectivity index is 1.79. The van der Waals surface area contributed by atoms with Crippen LogP contribution in [0.15, 0.2) is 22.8 Å². The minimum Gasteiger partial charge on any atom is -0.389 e. The molecule has 1 saturated heterocycles. The lowest BCUT2D eigenvalue weighted by Crippen LogP contribution is -2.50. The zero-order valence-corrected chi connectivity index (χ0v) is 13.2. The number of aromatic nitrogens is 1. The normalized spacial score (nSPS) is 18.7. The third-order valence-corrected chi connectivity index (χ3v) is 3.72. The van der Waals surface area contributed by atoms with Gasteiger partial charge in [0, 0.05) is 49.9 Å². The highest BCUT2D eigenvalue weighted by molar-refractivity contribution is 9.10. The highest BCUT2D eigenvalue weighted by atomic mass is 79.9. The highest BCUT2D eigenvalue weighted by Gasteiger charge is 2.22. The molecule has 0 aromatic carbocycles. The molecule has 0 saturated carbocycles. The number of pyridine rings is 1. The van der Waals surface area contributed by atoms with Crippen LogP contribution < -0.4 is 0 Å². The zero-order valence-electron chi connectivity index (χ0n) is 11.6. The van der Waals surface area contributed by atoms with Crippen molar-refractivity contribution in [3.05, 3.63) is 28.5 Å². The van der Waals surface area contributed by atoms with Crippen LogP contribution in [-0.4, -0.2) is 58.2 Å². The molecule has 1 aliphatic rings. The van der Waals surface area contributed by atoms with Gasteiger partial charge in [0.05, 0.1) is 11.3 Å². The molecule has 4 nitrogen and oxygen atoms in total. The topological polar surface area (TPSA) is 39.6 Å². The maximum atomic E-state index is 9.83. The number of hydrogen-bond donors (Lipinski definition) is 1. The number of aliphatic hydroxyl groups is 1. The smallest absolute Gasteiger partial charge is 0.0718 e. The van der Waals surface area contributed by atoms with Gasteiger partial charge < -0.3 is 5.11 Å². The largest absolute Gasteiger partial charge is 0.389 e. The molecule has 1 N–H and O–H groups in total. The summed E-state index contributed by atoms with van der Waals surface area (Å²) < 4.78 is 1.02. The summed E-state index contributed by atoms with van der Waals surface area (Å²) >= 11 is 3.40. The summed E-state index contributed by atoms with van der Waals surface area (Å²) in [6.07, 6.45) is 1.85. The van der Waals surface area contributed by atoms with Crippen LogP contribution in [0, 0.1) is 0 Å². The standard InChI is InChI=1S/C14H22BrN3O/c1-14(2,19)11-18-7-5-17(6-8-18)10-13-4-3-12(15)9-16-13/h3-4,9,19H,5-8,10-11H2,1-2H3. The minimum absolute atomic E-state index is 0.602. The van der Waals surface area contributed by atoms with Crippen LogP contribution in [0.4, 0.5) is 0 Å². The second-order valence-electron chi connectivity index (χ2n) is 5.83. The molecular weight excluding hydrogens is 306 g/mol. The summed E-state index contributed by atoms with van der Waals surface area (Å²) in [5.41, 5.74) is 0.509. The Morgan fingerprint density at radius 2 is 1.84 bits per heavy atom. The van der Waals surface area contributed by atoms with Gasteiger partial charge >= 0.3 is 0 Å². The molecule has 1 aromatic rings. The van der Waals surface area contributed by atoms with Gasteiger partial charge in [-0.2, -0.15) is 0 Å². The van der Waals surface area contributed by atoms with Crippen LogP contribution in [0.1, 0.15) is 19.5 Å². The molecule has 19 heavy (non-hydrogen) atoms. The molecule has 2 rings (SSSR count). The summed E-state index contributed by atoms with van der Waals surface area (Å²) in [6.45, 7) is 9.49. The molecule has 1 fully saturated rings. The van der Waals surface area contributed by atoms with Crippen LogP contribution >= 0.6 is 15.9 Å². The molecule has 106 valence electrons.